The molecule has 48 heavy (non-hydrogen) atoms. The first-order valence-corrected chi connectivity index (χ1v) is 15.7. The molecule has 0 aliphatic heterocycles. The summed E-state index contributed by atoms with van der Waals surface area (Å²) in [6.07, 6.45) is 0. The molecule has 3 heterocycles. The van der Waals surface area contributed by atoms with Crippen molar-refractivity contribution in [1.82, 2.24) is 9.97 Å². The molecule has 10 aromatic rings. The molecule has 0 radical (unpaired) electrons. The van der Waals surface area contributed by atoms with Crippen molar-refractivity contribution < 1.29 is 25.0 Å². The molecule has 0 aliphatic rings. The monoisotopic (exact) mass is 645 g/mol. The molecule has 0 saturated heterocycles. The minimum atomic E-state index is -0.816. The summed E-state index contributed by atoms with van der Waals surface area (Å²) in [6, 6.07) is 10.8. The van der Waals surface area contributed by atoms with Gasteiger partial charge in [-0.05, 0) is 63.3 Å². The Morgan fingerprint density at radius 1 is 0.562 bits per heavy atom. The summed E-state index contributed by atoms with van der Waals surface area (Å²) in [5, 5.41) is 2.49. The minimum absolute atomic E-state index is 0.0372. The molecule has 3 nitrogen and oxygen atoms in total. The van der Waals surface area contributed by atoms with E-state index >= 15 is 0 Å². The summed E-state index contributed by atoms with van der Waals surface area (Å²) in [7, 11) is 0. The SMILES string of the molecule is [2H]c1c([2H])c([2H])c(-c2c([2H])c([2H])c(-c3c([2H])c([2H])c4c(oc5c([2H])c([2H])c([2H])c(-c6nc(-c7ccc8ccccc8c7)c7sc8ccccc8c7n6)c54)c3[2H])c([2H])c2[2H])c([2H])c1[2H]. The van der Waals surface area contributed by atoms with Gasteiger partial charge in [-0.1, -0.05) is 127 Å². The van der Waals surface area contributed by atoms with E-state index in [0.717, 1.165) is 31.1 Å². The first-order chi connectivity index (χ1) is 30.0. The van der Waals surface area contributed by atoms with Gasteiger partial charge in [0, 0.05) is 32.0 Å². The zero-order chi connectivity index (χ0) is 44.7. The van der Waals surface area contributed by atoms with E-state index in [1.165, 1.54) is 11.3 Å². The number of rotatable bonds is 4. The zero-order valence-corrected chi connectivity index (χ0v) is 25.4. The molecular weight excluding hydrogens is 605 g/mol. The van der Waals surface area contributed by atoms with Gasteiger partial charge in [0.25, 0.3) is 0 Å². The van der Waals surface area contributed by atoms with E-state index < -0.39 is 118 Å². The highest BCUT2D eigenvalue weighted by Crippen LogP contribution is 2.42. The third-order valence-corrected chi connectivity index (χ3v) is 9.33. The van der Waals surface area contributed by atoms with Gasteiger partial charge in [-0.25, -0.2) is 9.97 Å². The number of nitrogens with zero attached hydrogens (tertiary/aromatic N) is 2. The van der Waals surface area contributed by atoms with Gasteiger partial charge in [0.2, 0.25) is 0 Å². The summed E-state index contributed by atoms with van der Waals surface area (Å²) in [5.74, 6) is -0.0372. The van der Waals surface area contributed by atoms with Crippen molar-refractivity contribution in [3.8, 4) is 44.9 Å². The van der Waals surface area contributed by atoms with E-state index in [9.17, 15) is 5.48 Å². The van der Waals surface area contributed by atoms with E-state index in [4.69, 9.17) is 29.5 Å². The van der Waals surface area contributed by atoms with Gasteiger partial charge >= 0.3 is 0 Å². The molecule has 0 amide bonds. The second-order valence-corrected chi connectivity index (χ2v) is 12.0. The van der Waals surface area contributed by atoms with Crippen LogP contribution in [0.5, 0.6) is 0 Å². The van der Waals surface area contributed by atoms with Crippen molar-refractivity contribution in [2.24, 2.45) is 0 Å². The number of furan rings is 1. The predicted molar refractivity (Wildman–Crippen MR) is 201 cm³/mol. The van der Waals surface area contributed by atoms with E-state index in [-0.39, 0.29) is 27.7 Å². The Morgan fingerprint density at radius 3 is 2.19 bits per heavy atom. The van der Waals surface area contributed by atoms with Crippen LogP contribution in [0.2, 0.25) is 0 Å². The standard InChI is InChI=1S/C44H26N2OS/c1-2-9-27(10-3-1)29-17-19-30(20-18-29)32-23-24-34-38(26-32)47-37-15-8-14-36(40(34)37)44-45-41(33-22-21-28-11-4-5-12-31(28)25-33)43-42(46-44)35-13-6-7-16-39(35)48-43/h1-26H/i1D,2D,3D,8D,9D,10D,14D,15D,17D,18D,19D,20D,23D,24D,26D. The Bertz CT molecular complexity index is 3660. The summed E-state index contributed by atoms with van der Waals surface area (Å²) >= 11 is 1.49. The maximum atomic E-state index is 9.39. The van der Waals surface area contributed by atoms with Crippen LogP contribution in [0.4, 0.5) is 0 Å². The molecule has 4 heteroatoms. The average molecular weight is 646 g/mol. The lowest BCUT2D eigenvalue weighted by Crippen LogP contribution is -1.94. The molecule has 0 spiro atoms. The molecule has 0 N–H and O–H groups in total. The molecular formula is C44H26N2OS. The number of hydrogen-bond acceptors (Lipinski definition) is 4. The average Bonchev–Trinajstić information content (AvgIpc) is 3.87. The van der Waals surface area contributed by atoms with Crippen molar-refractivity contribution in [1.29, 1.82) is 0 Å². The molecule has 224 valence electrons. The van der Waals surface area contributed by atoms with Crippen LogP contribution in [0.25, 0.3) is 97.9 Å². The highest BCUT2D eigenvalue weighted by Gasteiger charge is 2.20. The van der Waals surface area contributed by atoms with Gasteiger partial charge in [-0.3, -0.25) is 0 Å². The lowest BCUT2D eigenvalue weighted by molar-refractivity contribution is 0.669. The highest BCUT2D eigenvalue weighted by molar-refractivity contribution is 7.26. The van der Waals surface area contributed by atoms with Crippen molar-refractivity contribution in [3.63, 3.8) is 0 Å². The topological polar surface area (TPSA) is 38.9 Å². The Labute approximate surface area is 301 Å². The molecule has 7 aromatic carbocycles. The number of benzene rings is 7. The third-order valence-electron chi connectivity index (χ3n) is 8.16. The minimum Gasteiger partial charge on any atom is -0.456 e. The maximum absolute atomic E-state index is 9.39. The van der Waals surface area contributed by atoms with Gasteiger partial charge in [0.1, 0.15) is 11.2 Å². The maximum Gasteiger partial charge on any atom is 0.161 e. The molecule has 0 bridgehead atoms. The van der Waals surface area contributed by atoms with Gasteiger partial charge in [-0.15, -0.1) is 11.3 Å². The van der Waals surface area contributed by atoms with Gasteiger partial charge in [-0.2, -0.15) is 0 Å². The zero-order valence-electron chi connectivity index (χ0n) is 39.6. The summed E-state index contributed by atoms with van der Waals surface area (Å²) in [6.45, 7) is 0. The number of fused-ring (bicyclic) bond motifs is 7. The summed E-state index contributed by atoms with van der Waals surface area (Å²) < 4.78 is 140. The van der Waals surface area contributed by atoms with Gasteiger partial charge in [0.05, 0.1) is 36.5 Å². The fourth-order valence-corrected chi connectivity index (χ4v) is 7.07. The van der Waals surface area contributed by atoms with Crippen molar-refractivity contribution in [3.05, 3.63) is 157 Å². The molecule has 0 fully saturated rings. The Kier molecular flexibility index (Phi) is 3.61. The van der Waals surface area contributed by atoms with Crippen molar-refractivity contribution in [2.45, 2.75) is 0 Å². The van der Waals surface area contributed by atoms with E-state index in [1.54, 1.807) is 0 Å². The molecule has 0 atom stereocenters. The van der Waals surface area contributed by atoms with Crippen LogP contribution in [0.3, 0.4) is 0 Å². The lowest BCUT2D eigenvalue weighted by atomic mass is 9.99. The van der Waals surface area contributed by atoms with Crippen molar-refractivity contribution >= 4 is 64.4 Å². The molecule has 0 unspecified atom stereocenters. The second-order valence-electron chi connectivity index (χ2n) is 11.0. The van der Waals surface area contributed by atoms with Crippen LogP contribution in [-0.2, 0) is 0 Å². The van der Waals surface area contributed by atoms with E-state index in [1.807, 2.05) is 66.7 Å². The normalized spacial score (nSPS) is 16.1. The Hall–Kier alpha value is -6.10. The fourth-order valence-electron chi connectivity index (χ4n) is 5.91. The van der Waals surface area contributed by atoms with Crippen LogP contribution >= 0.6 is 11.3 Å². The molecule has 0 aliphatic carbocycles. The van der Waals surface area contributed by atoms with Crippen LogP contribution in [0.15, 0.2) is 162 Å². The summed E-state index contributed by atoms with van der Waals surface area (Å²) in [5.41, 5.74) is -1.26. The molecule has 0 saturated carbocycles. The largest absolute Gasteiger partial charge is 0.456 e. The van der Waals surface area contributed by atoms with Crippen LogP contribution < -0.4 is 0 Å². The third kappa shape index (κ3) is 4.34. The summed E-state index contributed by atoms with van der Waals surface area (Å²) in [4.78, 5) is 10.0. The van der Waals surface area contributed by atoms with E-state index in [2.05, 4.69) is 0 Å². The lowest BCUT2D eigenvalue weighted by Gasteiger charge is -2.09. The van der Waals surface area contributed by atoms with Crippen LogP contribution in [0.1, 0.15) is 20.6 Å². The fraction of sp³-hybridized carbons (Fsp3) is 0. The molecule has 10 rings (SSSR count). The highest BCUT2D eigenvalue weighted by atomic mass is 32.1. The number of hydrogen-bond donors (Lipinski definition) is 0. The number of aromatic nitrogens is 2. The number of thiophene rings is 1. The Balaban J connectivity index is 1.27. The van der Waals surface area contributed by atoms with E-state index in [0.29, 0.717) is 11.2 Å². The first kappa shape index (κ1) is 16.1. The van der Waals surface area contributed by atoms with Crippen LogP contribution in [-0.4, -0.2) is 9.97 Å². The smallest absolute Gasteiger partial charge is 0.161 e. The molecule has 3 aromatic heterocycles. The predicted octanol–water partition coefficient (Wildman–Crippen LogP) is 12.6. The Morgan fingerprint density at radius 2 is 1.31 bits per heavy atom. The van der Waals surface area contributed by atoms with Gasteiger partial charge < -0.3 is 4.42 Å². The van der Waals surface area contributed by atoms with Crippen LogP contribution in [0, 0.1) is 0 Å². The quantitative estimate of drug-likeness (QED) is 0.191. The van der Waals surface area contributed by atoms with Gasteiger partial charge in [0.15, 0.2) is 5.82 Å². The first-order valence-electron chi connectivity index (χ1n) is 22.4. The second kappa shape index (κ2) is 10.7. The van der Waals surface area contributed by atoms with Crippen molar-refractivity contribution in [2.75, 3.05) is 0 Å².